The van der Waals surface area contributed by atoms with Crippen molar-refractivity contribution in [2.75, 3.05) is 33.2 Å². The quantitative estimate of drug-likeness (QED) is 0.587. The molecule has 0 spiro atoms. The third-order valence-electron chi connectivity index (χ3n) is 2.20. The van der Waals surface area contributed by atoms with Crippen LogP contribution in [-0.4, -0.2) is 44.2 Å². The molecule has 0 aromatic carbocycles. The van der Waals surface area contributed by atoms with Crippen molar-refractivity contribution in [3.63, 3.8) is 0 Å². The van der Waals surface area contributed by atoms with Crippen LogP contribution >= 0.6 is 0 Å². The highest BCUT2D eigenvalue weighted by Crippen LogP contribution is 2.06. The second kappa shape index (κ2) is 4.70. The molecule has 1 unspecified atom stereocenters. The van der Waals surface area contributed by atoms with Gasteiger partial charge in [-0.15, -0.1) is 0 Å². The van der Waals surface area contributed by atoms with Crippen molar-refractivity contribution in [1.82, 2.24) is 10.2 Å². The van der Waals surface area contributed by atoms with E-state index in [1.54, 1.807) is 0 Å². The highest BCUT2D eigenvalue weighted by atomic mass is 15.1. The normalized spacial score (nSPS) is 27.3. The van der Waals surface area contributed by atoms with Gasteiger partial charge >= 0.3 is 0 Å². The maximum Gasteiger partial charge on any atom is 0.0195 e. The summed E-state index contributed by atoms with van der Waals surface area (Å²) >= 11 is 0. The van der Waals surface area contributed by atoms with Crippen molar-refractivity contribution in [2.24, 2.45) is 5.73 Å². The van der Waals surface area contributed by atoms with Crippen molar-refractivity contribution in [1.29, 1.82) is 0 Å². The van der Waals surface area contributed by atoms with Gasteiger partial charge in [-0.2, -0.15) is 0 Å². The first-order chi connectivity index (χ1) is 5.33. The second-order valence-corrected chi connectivity index (χ2v) is 3.34. The van der Waals surface area contributed by atoms with E-state index in [2.05, 4.69) is 17.3 Å². The SMILES string of the molecule is CN1CCCC(NCCN)C1. The Bertz CT molecular complexity index is 106. The molecule has 0 aromatic heterocycles. The first kappa shape index (κ1) is 8.97. The summed E-state index contributed by atoms with van der Waals surface area (Å²) in [5.41, 5.74) is 5.40. The summed E-state index contributed by atoms with van der Waals surface area (Å²) in [6.45, 7) is 4.14. The molecule has 1 rings (SSSR count). The number of hydrogen-bond acceptors (Lipinski definition) is 3. The van der Waals surface area contributed by atoms with Crippen LogP contribution in [0, 0.1) is 0 Å². The van der Waals surface area contributed by atoms with Gasteiger partial charge in [-0.05, 0) is 26.4 Å². The summed E-state index contributed by atoms with van der Waals surface area (Å²) in [5.74, 6) is 0. The van der Waals surface area contributed by atoms with Crippen molar-refractivity contribution in [3.05, 3.63) is 0 Å². The van der Waals surface area contributed by atoms with Gasteiger partial charge in [0.25, 0.3) is 0 Å². The summed E-state index contributed by atoms with van der Waals surface area (Å²) in [5, 5.41) is 3.44. The van der Waals surface area contributed by atoms with Crippen molar-refractivity contribution in [2.45, 2.75) is 18.9 Å². The topological polar surface area (TPSA) is 41.3 Å². The van der Waals surface area contributed by atoms with Crippen LogP contribution < -0.4 is 11.1 Å². The molecule has 0 amide bonds. The number of hydrogen-bond donors (Lipinski definition) is 2. The van der Waals surface area contributed by atoms with E-state index in [1.165, 1.54) is 25.9 Å². The molecule has 1 saturated heterocycles. The highest BCUT2D eigenvalue weighted by molar-refractivity contribution is 4.75. The van der Waals surface area contributed by atoms with E-state index >= 15 is 0 Å². The van der Waals surface area contributed by atoms with Gasteiger partial charge in [0.1, 0.15) is 0 Å². The van der Waals surface area contributed by atoms with E-state index in [4.69, 9.17) is 5.73 Å². The van der Waals surface area contributed by atoms with E-state index in [9.17, 15) is 0 Å². The van der Waals surface area contributed by atoms with Gasteiger partial charge in [0, 0.05) is 25.7 Å². The largest absolute Gasteiger partial charge is 0.329 e. The number of piperidine rings is 1. The monoisotopic (exact) mass is 157 g/mol. The smallest absolute Gasteiger partial charge is 0.0195 e. The standard InChI is InChI=1S/C8H19N3/c1-11-6-2-3-8(7-11)10-5-4-9/h8,10H,2-7,9H2,1H3. The van der Waals surface area contributed by atoms with Gasteiger partial charge in [0.15, 0.2) is 0 Å². The van der Waals surface area contributed by atoms with Crippen LogP contribution in [0.25, 0.3) is 0 Å². The van der Waals surface area contributed by atoms with Gasteiger partial charge in [-0.1, -0.05) is 0 Å². The van der Waals surface area contributed by atoms with E-state index in [-0.39, 0.29) is 0 Å². The molecule has 3 heteroatoms. The lowest BCUT2D eigenvalue weighted by Crippen LogP contribution is -2.45. The molecule has 0 aliphatic carbocycles. The molecule has 66 valence electrons. The van der Waals surface area contributed by atoms with Crippen LogP contribution in [0.2, 0.25) is 0 Å². The summed E-state index contributed by atoms with van der Waals surface area (Å²) in [7, 11) is 2.18. The molecule has 1 aliphatic rings. The van der Waals surface area contributed by atoms with E-state index in [1.807, 2.05) is 0 Å². The fourth-order valence-electron chi connectivity index (χ4n) is 1.62. The summed E-state index contributed by atoms with van der Waals surface area (Å²) < 4.78 is 0. The maximum absolute atomic E-state index is 5.40. The zero-order valence-electron chi connectivity index (χ0n) is 7.34. The predicted octanol–water partition coefficient (Wildman–Crippen LogP) is -0.371. The summed E-state index contributed by atoms with van der Waals surface area (Å²) in [6.07, 6.45) is 2.63. The summed E-state index contributed by atoms with van der Waals surface area (Å²) in [4.78, 5) is 2.37. The molecular weight excluding hydrogens is 138 g/mol. The zero-order chi connectivity index (χ0) is 8.10. The van der Waals surface area contributed by atoms with E-state index in [0.717, 1.165) is 13.1 Å². The van der Waals surface area contributed by atoms with Crippen LogP contribution in [0.3, 0.4) is 0 Å². The number of likely N-dealkylation sites (tertiary alicyclic amines) is 1. The van der Waals surface area contributed by atoms with Gasteiger partial charge in [0.05, 0.1) is 0 Å². The minimum absolute atomic E-state index is 0.678. The number of nitrogens with two attached hydrogens (primary N) is 1. The van der Waals surface area contributed by atoms with Crippen molar-refractivity contribution >= 4 is 0 Å². The van der Waals surface area contributed by atoms with Crippen LogP contribution in [0.1, 0.15) is 12.8 Å². The average Bonchev–Trinajstić information content (AvgIpc) is 2.01. The highest BCUT2D eigenvalue weighted by Gasteiger charge is 2.15. The Kier molecular flexibility index (Phi) is 3.83. The molecule has 0 aromatic rings. The van der Waals surface area contributed by atoms with E-state index in [0.29, 0.717) is 6.04 Å². The molecule has 3 nitrogen and oxygen atoms in total. The van der Waals surface area contributed by atoms with Crippen molar-refractivity contribution < 1.29 is 0 Å². The Balaban J connectivity index is 2.12. The molecule has 11 heavy (non-hydrogen) atoms. The van der Waals surface area contributed by atoms with Crippen LogP contribution in [0.15, 0.2) is 0 Å². The van der Waals surface area contributed by atoms with Crippen LogP contribution in [0.4, 0.5) is 0 Å². The number of nitrogens with one attached hydrogen (secondary N) is 1. The molecule has 1 atom stereocenters. The lowest BCUT2D eigenvalue weighted by atomic mass is 10.1. The predicted molar refractivity (Wildman–Crippen MR) is 47.6 cm³/mol. The molecule has 0 saturated carbocycles. The molecule has 0 bridgehead atoms. The van der Waals surface area contributed by atoms with Crippen LogP contribution in [-0.2, 0) is 0 Å². The molecule has 0 radical (unpaired) electrons. The lowest BCUT2D eigenvalue weighted by molar-refractivity contribution is 0.228. The Labute approximate surface area is 68.9 Å². The second-order valence-electron chi connectivity index (χ2n) is 3.34. The van der Waals surface area contributed by atoms with E-state index < -0.39 is 0 Å². The van der Waals surface area contributed by atoms with Crippen molar-refractivity contribution in [3.8, 4) is 0 Å². The van der Waals surface area contributed by atoms with Gasteiger partial charge < -0.3 is 16.0 Å². The first-order valence-electron chi connectivity index (χ1n) is 4.45. The Morgan fingerprint density at radius 2 is 2.45 bits per heavy atom. The fraction of sp³-hybridized carbons (Fsp3) is 1.00. The first-order valence-corrected chi connectivity index (χ1v) is 4.45. The molecular formula is C8H19N3. The van der Waals surface area contributed by atoms with Gasteiger partial charge in [-0.25, -0.2) is 0 Å². The Hall–Kier alpha value is -0.120. The molecule has 1 aliphatic heterocycles. The minimum atomic E-state index is 0.678. The number of likely N-dealkylation sites (N-methyl/N-ethyl adjacent to an activating group) is 1. The molecule has 3 N–H and O–H groups in total. The minimum Gasteiger partial charge on any atom is -0.329 e. The average molecular weight is 157 g/mol. The zero-order valence-corrected chi connectivity index (χ0v) is 7.34. The third-order valence-corrected chi connectivity index (χ3v) is 2.20. The van der Waals surface area contributed by atoms with Gasteiger partial charge in [0.2, 0.25) is 0 Å². The maximum atomic E-state index is 5.40. The number of rotatable bonds is 3. The molecule has 1 heterocycles. The van der Waals surface area contributed by atoms with Gasteiger partial charge in [-0.3, -0.25) is 0 Å². The third kappa shape index (κ3) is 3.18. The van der Waals surface area contributed by atoms with Crippen LogP contribution in [0.5, 0.6) is 0 Å². The lowest BCUT2D eigenvalue weighted by Gasteiger charge is -2.30. The number of nitrogens with zero attached hydrogens (tertiary/aromatic N) is 1. The summed E-state index contributed by atoms with van der Waals surface area (Å²) in [6, 6.07) is 0.678. The fourth-order valence-corrected chi connectivity index (χ4v) is 1.62. The Morgan fingerprint density at radius 1 is 1.64 bits per heavy atom. The Morgan fingerprint density at radius 3 is 3.09 bits per heavy atom. The molecule has 1 fully saturated rings.